The molecular weight excluding hydrogens is 356 g/mol. The molecule has 0 saturated carbocycles. The zero-order valence-corrected chi connectivity index (χ0v) is 15.5. The van der Waals surface area contributed by atoms with Crippen LogP contribution in [-0.2, 0) is 4.74 Å². The van der Waals surface area contributed by atoms with E-state index in [2.05, 4.69) is 58.9 Å². The molecule has 2 fully saturated rings. The minimum absolute atomic E-state index is 0.141. The molecule has 0 atom stereocenters. The molecule has 1 aromatic carbocycles. The van der Waals surface area contributed by atoms with E-state index < -0.39 is 0 Å². The topological polar surface area (TPSA) is 32.8 Å². The molecule has 23 heavy (non-hydrogen) atoms. The number of hydrogen-bond acceptors (Lipinski definition) is 3. The number of likely N-dealkylation sites (tertiary alicyclic amines) is 1. The second-order valence-electron chi connectivity index (χ2n) is 7.29. The van der Waals surface area contributed by atoms with E-state index >= 15 is 0 Å². The summed E-state index contributed by atoms with van der Waals surface area (Å²) in [4.78, 5) is 16.3. The van der Waals surface area contributed by atoms with Crippen molar-refractivity contribution in [3.63, 3.8) is 0 Å². The number of nitrogens with zero attached hydrogens (tertiary/aromatic N) is 2. The Labute approximate surface area is 146 Å². The van der Waals surface area contributed by atoms with Gasteiger partial charge in [0.1, 0.15) is 0 Å². The van der Waals surface area contributed by atoms with Gasteiger partial charge >= 0.3 is 6.09 Å². The molecule has 0 aliphatic carbocycles. The first-order valence-electron chi connectivity index (χ1n) is 8.40. The highest BCUT2D eigenvalue weighted by molar-refractivity contribution is 9.10. The molecule has 2 aliphatic heterocycles. The smallest absolute Gasteiger partial charge is 0.409 e. The third kappa shape index (κ3) is 3.82. The number of amides is 1. The summed E-state index contributed by atoms with van der Waals surface area (Å²) in [6, 6.07) is 8.51. The minimum atomic E-state index is -0.141. The highest BCUT2D eigenvalue weighted by Crippen LogP contribution is 2.42. The Morgan fingerprint density at radius 2 is 1.83 bits per heavy atom. The second-order valence-corrected chi connectivity index (χ2v) is 8.21. The van der Waals surface area contributed by atoms with Gasteiger partial charge < -0.3 is 14.5 Å². The van der Waals surface area contributed by atoms with Gasteiger partial charge in [-0.25, -0.2) is 4.79 Å². The Balaban J connectivity index is 1.47. The summed E-state index contributed by atoms with van der Waals surface area (Å²) < 4.78 is 6.45. The van der Waals surface area contributed by atoms with Crippen LogP contribution in [0.25, 0.3) is 0 Å². The molecule has 0 unspecified atom stereocenters. The normalized spacial score (nSPS) is 19.8. The van der Waals surface area contributed by atoms with Gasteiger partial charge in [-0.3, -0.25) is 0 Å². The lowest BCUT2D eigenvalue weighted by atomic mass is 9.72. The van der Waals surface area contributed by atoms with Crippen molar-refractivity contribution in [1.82, 2.24) is 4.90 Å². The van der Waals surface area contributed by atoms with Crippen molar-refractivity contribution in [3.05, 3.63) is 28.7 Å². The molecule has 1 amide bonds. The molecule has 3 rings (SSSR count). The third-order valence-electron chi connectivity index (χ3n) is 4.87. The van der Waals surface area contributed by atoms with Crippen LogP contribution in [0.2, 0.25) is 0 Å². The predicted molar refractivity (Wildman–Crippen MR) is 95.8 cm³/mol. The molecular formula is C18H25BrN2O2. The van der Waals surface area contributed by atoms with Crippen LogP contribution < -0.4 is 4.90 Å². The molecule has 0 radical (unpaired) electrons. The highest BCUT2D eigenvalue weighted by Gasteiger charge is 2.45. The van der Waals surface area contributed by atoms with Crippen molar-refractivity contribution in [3.8, 4) is 0 Å². The van der Waals surface area contributed by atoms with E-state index in [4.69, 9.17) is 4.74 Å². The summed E-state index contributed by atoms with van der Waals surface area (Å²) in [5, 5.41) is 0. The Kier molecular flexibility index (Phi) is 4.85. The highest BCUT2D eigenvalue weighted by atomic mass is 79.9. The first kappa shape index (κ1) is 16.6. The number of carbonyl (C=O) groups is 1. The summed E-state index contributed by atoms with van der Waals surface area (Å²) in [5.74, 6) is 0.390. The predicted octanol–water partition coefficient (Wildman–Crippen LogP) is 4.14. The Hall–Kier alpha value is -1.23. The summed E-state index contributed by atoms with van der Waals surface area (Å²) in [6.07, 6.45) is 2.02. The lowest BCUT2D eigenvalue weighted by Gasteiger charge is -2.54. The number of anilines is 1. The minimum Gasteiger partial charge on any atom is -0.449 e. The summed E-state index contributed by atoms with van der Waals surface area (Å²) in [7, 11) is 0. The fraction of sp³-hybridized carbons (Fsp3) is 0.611. The van der Waals surface area contributed by atoms with Crippen molar-refractivity contribution in [1.29, 1.82) is 0 Å². The lowest BCUT2D eigenvalue weighted by molar-refractivity contribution is 0.0484. The van der Waals surface area contributed by atoms with Gasteiger partial charge in [0, 0.05) is 41.8 Å². The average Bonchev–Trinajstić information content (AvgIpc) is 2.51. The molecule has 5 heteroatoms. The van der Waals surface area contributed by atoms with Gasteiger partial charge in [0.05, 0.1) is 6.61 Å². The number of benzene rings is 1. The number of piperidine rings is 1. The third-order valence-corrected chi connectivity index (χ3v) is 5.40. The summed E-state index contributed by atoms with van der Waals surface area (Å²) in [5.41, 5.74) is 1.68. The second kappa shape index (κ2) is 6.71. The number of rotatable bonds is 3. The summed E-state index contributed by atoms with van der Waals surface area (Å²) in [6.45, 7) is 8.48. The van der Waals surface area contributed by atoms with Gasteiger partial charge in [-0.05, 0) is 43.0 Å². The first-order chi connectivity index (χ1) is 11.0. The number of ether oxygens (including phenoxy) is 1. The zero-order valence-electron chi connectivity index (χ0n) is 13.9. The molecule has 4 nitrogen and oxygen atoms in total. The van der Waals surface area contributed by atoms with Crippen molar-refractivity contribution in [2.45, 2.75) is 26.7 Å². The molecule has 0 bridgehead atoms. The van der Waals surface area contributed by atoms with Gasteiger partial charge in [0.2, 0.25) is 0 Å². The fourth-order valence-electron chi connectivity index (χ4n) is 3.41. The lowest BCUT2D eigenvalue weighted by Crippen LogP contribution is -2.61. The van der Waals surface area contributed by atoms with Crippen LogP contribution in [0.1, 0.15) is 26.7 Å². The standard InChI is InChI=1S/C18H25BrN2O2/c1-14(2)11-23-17(22)20-9-7-18(8-10-20)12-21(13-18)16-5-3-15(19)4-6-16/h3-6,14H,7-13H2,1-2H3. The molecule has 2 heterocycles. The van der Waals surface area contributed by atoms with Crippen molar-refractivity contribution in [2.24, 2.45) is 11.3 Å². The van der Waals surface area contributed by atoms with E-state index in [-0.39, 0.29) is 6.09 Å². The van der Waals surface area contributed by atoms with Crippen LogP contribution in [-0.4, -0.2) is 43.8 Å². The van der Waals surface area contributed by atoms with Gasteiger partial charge in [-0.15, -0.1) is 0 Å². The largest absolute Gasteiger partial charge is 0.449 e. The SMILES string of the molecule is CC(C)COC(=O)N1CCC2(CC1)CN(c1ccc(Br)cc1)C2. The van der Waals surface area contributed by atoms with Crippen molar-refractivity contribution in [2.75, 3.05) is 37.7 Å². The molecule has 1 spiro atoms. The van der Waals surface area contributed by atoms with Crippen molar-refractivity contribution < 1.29 is 9.53 Å². The first-order valence-corrected chi connectivity index (χ1v) is 9.19. The van der Waals surface area contributed by atoms with Crippen LogP contribution in [0.5, 0.6) is 0 Å². The number of halogens is 1. The van der Waals surface area contributed by atoms with Crippen molar-refractivity contribution >= 4 is 27.7 Å². The fourth-order valence-corrected chi connectivity index (χ4v) is 3.67. The van der Waals surface area contributed by atoms with Crippen LogP contribution in [0.15, 0.2) is 28.7 Å². The number of hydrogen-bond donors (Lipinski definition) is 0. The van der Waals surface area contributed by atoms with Gasteiger partial charge in [0.25, 0.3) is 0 Å². The maximum atomic E-state index is 12.0. The zero-order chi connectivity index (χ0) is 16.4. The van der Waals surface area contributed by atoms with E-state index in [9.17, 15) is 4.79 Å². The van der Waals surface area contributed by atoms with E-state index in [1.165, 1.54) is 5.69 Å². The van der Waals surface area contributed by atoms with Crippen LogP contribution >= 0.6 is 15.9 Å². The molecule has 0 N–H and O–H groups in total. The molecule has 126 valence electrons. The van der Waals surface area contributed by atoms with E-state index in [1.807, 2.05) is 4.90 Å². The van der Waals surface area contributed by atoms with Crippen LogP contribution in [0.3, 0.4) is 0 Å². The quantitative estimate of drug-likeness (QED) is 0.789. The average molecular weight is 381 g/mol. The molecule has 0 aromatic heterocycles. The number of carbonyl (C=O) groups excluding carboxylic acids is 1. The molecule has 2 aliphatic rings. The molecule has 1 aromatic rings. The van der Waals surface area contributed by atoms with E-state index in [1.54, 1.807) is 0 Å². The Bertz CT molecular complexity index is 543. The van der Waals surface area contributed by atoms with E-state index in [0.29, 0.717) is 17.9 Å². The van der Waals surface area contributed by atoms with Gasteiger partial charge in [-0.2, -0.15) is 0 Å². The van der Waals surface area contributed by atoms with Gasteiger partial charge in [-0.1, -0.05) is 29.8 Å². The Morgan fingerprint density at radius 3 is 2.39 bits per heavy atom. The maximum Gasteiger partial charge on any atom is 0.409 e. The Morgan fingerprint density at radius 1 is 1.22 bits per heavy atom. The monoisotopic (exact) mass is 380 g/mol. The van der Waals surface area contributed by atoms with Crippen LogP contribution in [0.4, 0.5) is 10.5 Å². The maximum absolute atomic E-state index is 12.0. The van der Waals surface area contributed by atoms with E-state index in [0.717, 1.165) is 43.5 Å². The summed E-state index contributed by atoms with van der Waals surface area (Å²) >= 11 is 3.48. The molecule has 2 saturated heterocycles. The van der Waals surface area contributed by atoms with Gasteiger partial charge in [0.15, 0.2) is 0 Å². The van der Waals surface area contributed by atoms with Crippen LogP contribution in [0, 0.1) is 11.3 Å².